The first-order valence-corrected chi connectivity index (χ1v) is 8.08. The minimum atomic E-state index is -0.305. The fraction of sp³-hybridized carbons (Fsp3) is 0.579. The smallest absolute Gasteiger partial charge is 0.0821 e. The molecule has 1 aromatic carbocycles. The molecule has 1 fully saturated rings. The normalized spacial score (nSPS) is 28.6. The molecular weight excluding hydrogens is 244 g/mol. The zero-order valence-electron chi connectivity index (χ0n) is 12.7. The Morgan fingerprint density at radius 3 is 2.70 bits per heavy atom. The highest BCUT2D eigenvalue weighted by molar-refractivity contribution is 5.29. The quantitative estimate of drug-likeness (QED) is 0.768. The van der Waals surface area contributed by atoms with Gasteiger partial charge in [0.1, 0.15) is 0 Å². The Bertz CT molecular complexity index is 498. The largest absolute Gasteiger partial charge is 0.388 e. The van der Waals surface area contributed by atoms with Gasteiger partial charge in [-0.05, 0) is 61.5 Å². The van der Waals surface area contributed by atoms with Gasteiger partial charge in [-0.1, -0.05) is 49.3 Å². The molecule has 1 N–H and O–H groups in total. The van der Waals surface area contributed by atoms with Gasteiger partial charge in [0, 0.05) is 0 Å². The average molecular weight is 270 g/mol. The van der Waals surface area contributed by atoms with E-state index in [-0.39, 0.29) is 6.10 Å². The average Bonchev–Trinajstić information content (AvgIpc) is 2.35. The number of hydrogen-bond donors (Lipinski definition) is 1. The van der Waals surface area contributed by atoms with Crippen LogP contribution in [-0.2, 0) is 0 Å². The molecule has 1 saturated carbocycles. The fourth-order valence-corrected chi connectivity index (χ4v) is 3.85. The summed E-state index contributed by atoms with van der Waals surface area (Å²) in [5.41, 5.74) is 3.99. The van der Waals surface area contributed by atoms with E-state index in [1.807, 2.05) is 0 Å². The van der Waals surface area contributed by atoms with E-state index < -0.39 is 0 Å². The third-order valence-corrected chi connectivity index (χ3v) is 5.10. The lowest BCUT2D eigenvalue weighted by Gasteiger charge is -2.31. The Kier molecular flexibility index (Phi) is 3.98. The lowest BCUT2D eigenvalue weighted by molar-refractivity contribution is 0.0931. The number of benzene rings is 1. The molecule has 0 heterocycles. The van der Waals surface area contributed by atoms with Gasteiger partial charge < -0.3 is 5.11 Å². The topological polar surface area (TPSA) is 20.2 Å². The van der Waals surface area contributed by atoms with Gasteiger partial charge in [0.05, 0.1) is 6.10 Å². The standard InChI is InChI=1S/C19H26O/c1-13-9-14(2)11-18(10-13)19(20)17-8-4-7-16(12-17)15-5-3-6-15/h4,7-9,12-13,15,18-20H,3,5-6,10-11H2,1-2H3. The van der Waals surface area contributed by atoms with Gasteiger partial charge in [-0.15, -0.1) is 0 Å². The van der Waals surface area contributed by atoms with Crippen LogP contribution in [0.2, 0.25) is 0 Å². The third kappa shape index (κ3) is 2.83. The summed E-state index contributed by atoms with van der Waals surface area (Å²) >= 11 is 0. The van der Waals surface area contributed by atoms with Crippen LogP contribution >= 0.6 is 0 Å². The molecule has 3 atom stereocenters. The van der Waals surface area contributed by atoms with Crippen LogP contribution in [0.3, 0.4) is 0 Å². The van der Waals surface area contributed by atoms with Gasteiger partial charge in [-0.2, -0.15) is 0 Å². The Hall–Kier alpha value is -1.08. The van der Waals surface area contributed by atoms with E-state index in [1.54, 1.807) is 0 Å². The molecule has 108 valence electrons. The van der Waals surface area contributed by atoms with E-state index in [9.17, 15) is 5.11 Å². The van der Waals surface area contributed by atoms with Crippen LogP contribution in [0.1, 0.15) is 69.1 Å². The van der Waals surface area contributed by atoms with Crippen LogP contribution in [0.4, 0.5) is 0 Å². The maximum absolute atomic E-state index is 10.8. The van der Waals surface area contributed by atoms with Gasteiger partial charge in [0.15, 0.2) is 0 Å². The molecular formula is C19H26O. The third-order valence-electron chi connectivity index (χ3n) is 5.10. The van der Waals surface area contributed by atoms with Gasteiger partial charge in [0.25, 0.3) is 0 Å². The van der Waals surface area contributed by atoms with Crippen molar-refractivity contribution in [1.82, 2.24) is 0 Å². The Balaban J connectivity index is 1.76. The molecule has 1 nitrogen and oxygen atoms in total. The van der Waals surface area contributed by atoms with Crippen molar-refractivity contribution in [3.8, 4) is 0 Å². The highest BCUT2D eigenvalue weighted by atomic mass is 16.3. The van der Waals surface area contributed by atoms with Crippen molar-refractivity contribution >= 4 is 0 Å². The number of allylic oxidation sites excluding steroid dienone is 2. The molecule has 0 spiro atoms. The zero-order valence-corrected chi connectivity index (χ0v) is 12.7. The molecule has 0 saturated heterocycles. The van der Waals surface area contributed by atoms with E-state index in [1.165, 1.54) is 30.4 Å². The molecule has 20 heavy (non-hydrogen) atoms. The van der Waals surface area contributed by atoms with E-state index in [0.29, 0.717) is 11.8 Å². The van der Waals surface area contributed by atoms with Crippen LogP contribution in [-0.4, -0.2) is 5.11 Å². The summed E-state index contributed by atoms with van der Waals surface area (Å²) in [6, 6.07) is 8.72. The summed E-state index contributed by atoms with van der Waals surface area (Å²) in [5, 5.41) is 10.8. The van der Waals surface area contributed by atoms with Crippen LogP contribution in [0.15, 0.2) is 35.9 Å². The minimum Gasteiger partial charge on any atom is -0.388 e. The van der Waals surface area contributed by atoms with Gasteiger partial charge in [-0.3, -0.25) is 0 Å². The summed E-state index contributed by atoms with van der Waals surface area (Å²) in [6.45, 7) is 4.45. The first-order valence-electron chi connectivity index (χ1n) is 8.08. The van der Waals surface area contributed by atoms with Crippen molar-refractivity contribution in [1.29, 1.82) is 0 Å². The highest BCUT2D eigenvalue weighted by Gasteiger charge is 2.27. The van der Waals surface area contributed by atoms with E-state index in [2.05, 4.69) is 44.2 Å². The van der Waals surface area contributed by atoms with Gasteiger partial charge in [0.2, 0.25) is 0 Å². The van der Waals surface area contributed by atoms with E-state index >= 15 is 0 Å². The van der Waals surface area contributed by atoms with Crippen LogP contribution in [0.5, 0.6) is 0 Å². The Morgan fingerprint density at radius 2 is 2.05 bits per heavy atom. The molecule has 0 aromatic heterocycles. The second-order valence-corrected chi connectivity index (χ2v) is 6.93. The molecule has 0 aliphatic heterocycles. The van der Waals surface area contributed by atoms with Crippen molar-refractivity contribution < 1.29 is 5.11 Å². The summed E-state index contributed by atoms with van der Waals surface area (Å²) in [5.74, 6) is 1.72. The first kappa shape index (κ1) is 13.9. The zero-order chi connectivity index (χ0) is 14.1. The maximum Gasteiger partial charge on any atom is 0.0821 e. The monoisotopic (exact) mass is 270 g/mol. The molecule has 1 aromatic rings. The SMILES string of the molecule is CC1=CC(C)CC(C(O)c2cccc(C3CCC3)c2)C1. The fourth-order valence-electron chi connectivity index (χ4n) is 3.85. The predicted octanol–water partition coefficient (Wildman–Crippen LogP) is 4.98. The number of rotatable bonds is 3. The van der Waals surface area contributed by atoms with Crippen LogP contribution in [0, 0.1) is 11.8 Å². The highest BCUT2D eigenvalue weighted by Crippen LogP contribution is 2.40. The van der Waals surface area contributed by atoms with Crippen molar-refractivity contribution in [3.05, 3.63) is 47.0 Å². The van der Waals surface area contributed by atoms with Gasteiger partial charge >= 0.3 is 0 Å². The predicted molar refractivity (Wildman–Crippen MR) is 83.6 cm³/mol. The summed E-state index contributed by atoms with van der Waals surface area (Å²) in [7, 11) is 0. The van der Waals surface area contributed by atoms with Gasteiger partial charge in [-0.25, -0.2) is 0 Å². The summed E-state index contributed by atoms with van der Waals surface area (Å²) in [4.78, 5) is 0. The molecule has 3 unspecified atom stereocenters. The second-order valence-electron chi connectivity index (χ2n) is 6.93. The van der Waals surface area contributed by atoms with Crippen molar-refractivity contribution in [2.24, 2.45) is 11.8 Å². The van der Waals surface area contributed by atoms with Crippen LogP contribution in [0.25, 0.3) is 0 Å². The second kappa shape index (κ2) is 5.73. The van der Waals surface area contributed by atoms with Crippen molar-refractivity contribution in [2.45, 2.75) is 58.0 Å². The van der Waals surface area contributed by atoms with Crippen molar-refractivity contribution in [2.75, 3.05) is 0 Å². The molecule has 2 aliphatic carbocycles. The molecule has 0 bridgehead atoms. The number of aliphatic hydroxyl groups is 1. The maximum atomic E-state index is 10.8. The first-order chi connectivity index (χ1) is 9.63. The Labute approximate surface area is 122 Å². The minimum absolute atomic E-state index is 0.305. The lowest BCUT2D eigenvalue weighted by Crippen LogP contribution is -2.19. The van der Waals surface area contributed by atoms with E-state index in [0.717, 1.165) is 24.3 Å². The van der Waals surface area contributed by atoms with Crippen LogP contribution < -0.4 is 0 Å². The van der Waals surface area contributed by atoms with E-state index in [4.69, 9.17) is 0 Å². The Morgan fingerprint density at radius 1 is 1.25 bits per heavy atom. The summed E-state index contributed by atoms with van der Waals surface area (Å²) in [6.07, 6.45) is 8.20. The van der Waals surface area contributed by atoms with Crippen molar-refractivity contribution in [3.63, 3.8) is 0 Å². The molecule has 0 radical (unpaired) electrons. The molecule has 0 amide bonds. The lowest BCUT2D eigenvalue weighted by atomic mass is 9.76. The molecule has 3 rings (SSSR count). The number of aliphatic hydroxyl groups excluding tert-OH is 1. The molecule has 1 heteroatoms. The molecule has 2 aliphatic rings. The summed E-state index contributed by atoms with van der Waals surface area (Å²) < 4.78 is 0. The number of hydrogen-bond acceptors (Lipinski definition) is 1.